The summed E-state index contributed by atoms with van der Waals surface area (Å²) in [6, 6.07) is 9.90. The third-order valence-electron chi connectivity index (χ3n) is 2.87. The third kappa shape index (κ3) is 5.88. The highest BCUT2D eigenvalue weighted by Gasteiger charge is 2.17. The van der Waals surface area contributed by atoms with Gasteiger partial charge in [-0.2, -0.15) is 0 Å². The lowest BCUT2D eigenvalue weighted by atomic mass is 10.1. The van der Waals surface area contributed by atoms with Gasteiger partial charge in [0.15, 0.2) is 0 Å². The zero-order valence-electron chi connectivity index (χ0n) is 12.6. The third-order valence-corrected chi connectivity index (χ3v) is 2.87. The number of anilines is 1. The van der Waals surface area contributed by atoms with E-state index in [2.05, 4.69) is 33.0 Å². The number of carbonyl (C=O) groups excluding carboxylic acids is 1. The van der Waals surface area contributed by atoms with Crippen LogP contribution in [-0.4, -0.2) is 24.5 Å². The molecule has 3 nitrogen and oxygen atoms in total. The van der Waals surface area contributed by atoms with Gasteiger partial charge >= 0.3 is 0 Å². The summed E-state index contributed by atoms with van der Waals surface area (Å²) in [7, 11) is 0. The van der Waals surface area contributed by atoms with Gasteiger partial charge in [0.25, 0.3) is 0 Å². The fourth-order valence-corrected chi connectivity index (χ4v) is 1.76. The first-order valence-corrected chi connectivity index (χ1v) is 7.04. The second-order valence-corrected chi connectivity index (χ2v) is 5.84. The van der Waals surface area contributed by atoms with Crippen molar-refractivity contribution in [3.05, 3.63) is 30.3 Å². The second-order valence-electron chi connectivity index (χ2n) is 5.84. The molecule has 1 aromatic carbocycles. The van der Waals surface area contributed by atoms with Crippen LogP contribution >= 0.6 is 0 Å². The Morgan fingerprint density at radius 3 is 2.37 bits per heavy atom. The van der Waals surface area contributed by atoms with Crippen molar-refractivity contribution in [3.8, 4) is 0 Å². The Morgan fingerprint density at radius 1 is 1.21 bits per heavy atom. The standard InChI is InChI=1S/C16H26N2O/c1-5-6-12-18(14-10-8-7-9-11-14)15(19)13-17-16(2,3)4/h7-11,17H,5-6,12-13H2,1-4H3. The number of benzene rings is 1. The number of para-hydroxylation sites is 1. The first kappa shape index (κ1) is 15.7. The summed E-state index contributed by atoms with van der Waals surface area (Å²) < 4.78 is 0. The molecule has 0 saturated heterocycles. The van der Waals surface area contributed by atoms with Crippen molar-refractivity contribution in [1.29, 1.82) is 0 Å². The van der Waals surface area contributed by atoms with Crippen LogP contribution in [0.1, 0.15) is 40.5 Å². The highest BCUT2D eigenvalue weighted by atomic mass is 16.2. The van der Waals surface area contributed by atoms with Crippen molar-refractivity contribution >= 4 is 11.6 Å². The molecule has 0 unspecified atom stereocenters. The zero-order chi connectivity index (χ0) is 14.3. The highest BCUT2D eigenvalue weighted by Crippen LogP contribution is 2.14. The Kier molecular flexibility index (Phi) is 6.03. The van der Waals surface area contributed by atoms with Gasteiger partial charge in [0.2, 0.25) is 5.91 Å². The molecular weight excluding hydrogens is 236 g/mol. The molecule has 0 radical (unpaired) electrons. The molecule has 0 aromatic heterocycles. The van der Waals surface area contributed by atoms with E-state index in [0.29, 0.717) is 6.54 Å². The van der Waals surface area contributed by atoms with Crippen LogP contribution in [0.3, 0.4) is 0 Å². The zero-order valence-corrected chi connectivity index (χ0v) is 12.6. The van der Waals surface area contributed by atoms with E-state index in [1.807, 2.05) is 35.2 Å². The van der Waals surface area contributed by atoms with Crippen LogP contribution in [0.5, 0.6) is 0 Å². The fraction of sp³-hybridized carbons (Fsp3) is 0.562. The van der Waals surface area contributed by atoms with E-state index in [1.165, 1.54) is 0 Å². The number of hydrogen-bond acceptors (Lipinski definition) is 2. The van der Waals surface area contributed by atoms with Crippen molar-refractivity contribution in [2.24, 2.45) is 0 Å². The van der Waals surface area contributed by atoms with E-state index >= 15 is 0 Å². The van der Waals surface area contributed by atoms with Gasteiger partial charge in [-0.1, -0.05) is 31.5 Å². The average molecular weight is 262 g/mol. The molecule has 0 aliphatic heterocycles. The Balaban J connectivity index is 2.71. The Labute approximate surface area is 117 Å². The SMILES string of the molecule is CCCCN(C(=O)CNC(C)(C)C)c1ccccc1. The van der Waals surface area contributed by atoms with Gasteiger partial charge in [0.05, 0.1) is 6.54 Å². The number of hydrogen-bond donors (Lipinski definition) is 1. The molecule has 0 heterocycles. The van der Waals surface area contributed by atoms with E-state index in [0.717, 1.165) is 25.1 Å². The highest BCUT2D eigenvalue weighted by molar-refractivity contribution is 5.94. The quantitative estimate of drug-likeness (QED) is 0.854. The van der Waals surface area contributed by atoms with Crippen LogP contribution in [0.2, 0.25) is 0 Å². The topological polar surface area (TPSA) is 32.3 Å². The van der Waals surface area contributed by atoms with Crippen LogP contribution < -0.4 is 10.2 Å². The number of unbranched alkanes of at least 4 members (excludes halogenated alkanes) is 1. The van der Waals surface area contributed by atoms with Gasteiger partial charge in [-0.3, -0.25) is 4.79 Å². The lowest BCUT2D eigenvalue weighted by Gasteiger charge is -2.26. The summed E-state index contributed by atoms with van der Waals surface area (Å²) in [5, 5.41) is 3.26. The monoisotopic (exact) mass is 262 g/mol. The number of carbonyl (C=O) groups is 1. The predicted molar refractivity (Wildman–Crippen MR) is 81.5 cm³/mol. The molecule has 0 fully saturated rings. The maximum Gasteiger partial charge on any atom is 0.240 e. The molecule has 1 N–H and O–H groups in total. The summed E-state index contributed by atoms with van der Waals surface area (Å²) in [6.07, 6.45) is 2.11. The summed E-state index contributed by atoms with van der Waals surface area (Å²) in [4.78, 5) is 14.2. The molecule has 0 saturated carbocycles. The Bertz CT molecular complexity index is 381. The summed E-state index contributed by atoms with van der Waals surface area (Å²) >= 11 is 0. The molecule has 0 aliphatic carbocycles. The van der Waals surface area contributed by atoms with E-state index in [4.69, 9.17) is 0 Å². The van der Waals surface area contributed by atoms with Gasteiger partial charge in [-0.05, 0) is 39.3 Å². The smallest absolute Gasteiger partial charge is 0.240 e. The van der Waals surface area contributed by atoms with Gasteiger partial charge in [-0.25, -0.2) is 0 Å². The lowest BCUT2D eigenvalue weighted by Crippen LogP contribution is -2.45. The van der Waals surface area contributed by atoms with E-state index in [9.17, 15) is 4.79 Å². The fourth-order valence-electron chi connectivity index (χ4n) is 1.76. The maximum absolute atomic E-state index is 12.4. The minimum absolute atomic E-state index is 0.0389. The molecule has 0 atom stereocenters. The Hall–Kier alpha value is -1.35. The van der Waals surface area contributed by atoms with E-state index < -0.39 is 0 Å². The van der Waals surface area contributed by atoms with Crippen LogP contribution in [0, 0.1) is 0 Å². The molecule has 1 aromatic rings. The number of nitrogens with zero attached hydrogens (tertiary/aromatic N) is 1. The molecule has 1 amide bonds. The van der Waals surface area contributed by atoms with Crippen molar-refractivity contribution in [2.75, 3.05) is 18.0 Å². The number of nitrogens with one attached hydrogen (secondary N) is 1. The largest absolute Gasteiger partial charge is 0.311 e. The predicted octanol–water partition coefficient (Wildman–Crippen LogP) is 3.21. The summed E-state index contributed by atoms with van der Waals surface area (Å²) in [6.45, 7) is 9.51. The van der Waals surface area contributed by atoms with Crippen LogP contribution in [0.4, 0.5) is 5.69 Å². The Morgan fingerprint density at radius 2 is 1.84 bits per heavy atom. The molecule has 3 heteroatoms. The minimum Gasteiger partial charge on any atom is -0.311 e. The molecular formula is C16H26N2O. The average Bonchev–Trinajstić information content (AvgIpc) is 2.37. The molecule has 0 bridgehead atoms. The van der Waals surface area contributed by atoms with Gasteiger partial charge in [-0.15, -0.1) is 0 Å². The number of rotatable bonds is 6. The maximum atomic E-state index is 12.4. The van der Waals surface area contributed by atoms with E-state index in [-0.39, 0.29) is 11.4 Å². The molecule has 0 spiro atoms. The van der Waals surface area contributed by atoms with Gasteiger partial charge in [0, 0.05) is 17.8 Å². The molecule has 1 rings (SSSR count). The normalized spacial score (nSPS) is 11.4. The summed E-state index contributed by atoms with van der Waals surface area (Å²) in [5.74, 6) is 0.134. The van der Waals surface area contributed by atoms with Crippen LogP contribution in [0.25, 0.3) is 0 Å². The summed E-state index contributed by atoms with van der Waals surface area (Å²) in [5.41, 5.74) is 0.944. The lowest BCUT2D eigenvalue weighted by molar-refractivity contribution is -0.118. The minimum atomic E-state index is -0.0389. The first-order valence-electron chi connectivity index (χ1n) is 7.04. The van der Waals surface area contributed by atoms with Crippen molar-refractivity contribution in [1.82, 2.24) is 5.32 Å². The number of amides is 1. The van der Waals surface area contributed by atoms with Crippen molar-refractivity contribution in [3.63, 3.8) is 0 Å². The van der Waals surface area contributed by atoms with Crippen LogP contribution in [0.15, 0.2) is 30.3 Å². The molecule has 19 heavy (non-hydrogen) atoms. The molecule has 106 valence electrons. The molecule has 0 aliphatic rings. The van der Waals surface area contributed by atoms with Gasteiger partial charge < -0.3 is 10.2 Å². The van der Waals surface area contributed by atoms with Crippen LogP contribution in [-0.2, 0) is 4.79 Å². The van der Waals surface area contributed by atoms with E-state index in [1.54, 1.807) is 0 Å². The van der Waals surface area contributed by atoms with Crippen molar-refractivity contribution < 1.29 is 4.79 Å². The van der Waals surface area contributed by atoms with Crippen molar-refractivity contribution in [2.45, 2.75) is 46.1 Å². The van der Waals surface area contributed by atoms with Gasteiger partial charge in [0.1, 0.15) is 0 Å². The first-order chi connectivity index (χ1) is 8.94. The second kappa shape index (κ2) is 7.29.